The summed E-state index contributed by atoms with van der Waals surface area (Å²) in [6, 6.07) is 10.4. The summed E-state index contributed by atoms with van der Waals surface area (Å²) in [5.74, 6) is -0.0697. The number of carbonyl (C=O) groups is 2. The van der Waals surface area contributed by atoms with Crippen molar-refractivity contribution in [3.05, 3.63) is 42.0 Å². The van der Waals surface area contributed by atoms with E-state index in [1.165, 1.54) is 10.5 Å². The van der Waals surface area contributed by atoms with Gasteiger partial charge in [0.2, 0.25) is 5.91 Å². The first-order valence-corrected chi connectivity index (χ1v) is 8.66. The van der Waals surface area contributed by atoms with Gasteiger partial charge in [-0.05, 0) is 18.4 Å². The van der Waals surface area contributed by atoms with Crippen LogP contribution in [0.4, 0.5) is 4.79 Å². The van der Waals surface area contributed by atoms with Gasteiger partial charge in [-0.2, -0.15) is 0 Å². The quantitative estimate of drug-likeness (QED) is 0.853. The Balaban J connectivity index is 1.47. The second-order valence-corrected chi connectivity index (χ2v) is 6.52. The molecule has 0 aromatic heterocycles. The summed E-state index contributed by atoms with van der Waals surface area (Å²) >= 11 is 0. The molecule has 24 heavy (non-hydrogen) atoms. The summed E-state index contributed by atoms with van der Waals surface area (Å²) < 4.78 is 0. The SMILES string of the molecule is CN1C(=O)CCN(C2CCN(C/C=C/c3ccccc3)CC2)C1=O. The van der Waals surface area contributed by atoms with Gasteiger partial charge >= 0.3 is 6.03 Å². The van der Waals surface area contributed by atoms with Crippen LogP contribution in [0.15, 0.2) is 36.4 Å². The van der Waals surface area contributed by atoms with Crippen molar-refractivity contribution in [2.75, 3.05) is 33.2 Å². The molecular weight excluding hydrogens is 302 g/mol. The van der Waals surface area contributed by atoms with E-state index in [9.17, 15) is 9.59 Å². The lowest BCUT2D eigenvalue weighted by Gasteiger charge is -2.41. The zero-order chi connectivity index (χ0) is 16.9. The molecule has 0 aliphatic carbocycles. The smallest absolute Gasteiger partial charge is 0.321 e. The van der Waals surface area contributed by atoms with E-state index in [1.807, 2.05) is 23.1 Å². The van der Waals surface area contributed by atoms with Crippen molar-refractivity contribution in [1.29, 1.82) is 0 Å². The fourth-order valence-corrected chi connectivity index (χ4v) is 3.43. The van der Waals surface area contributed by atoms with Crippen LogP contribution in [0.1, 0.15) is 24.8 Å². The van der Waals surface area contributed by atoms with Gasteiger partial charge in [-0.15, -0.1) is 0 Å². The zero-order valence-electron chi connectivity index (χ0n) is 14.2. The van der Waals surface area contributed by atoms with Crippen LogP contribution in [0.25, 0.3) is 6.08 Å². The van der Waals surface area contributed by atoms with Crippen LogP contribution in [-0.2, 0) is 4.79 Å². The van der Waals surface area contributed by atoms with Crippen LogP contribution in [0.5, 0.6) is 0 Å². The number of imide groups is 1. The summed E-state index contributed by atoms with van der Waals surface area (Å²) in [6.45, 7) is 3.49. The molecule has 0 saturated carbocycles. The van der Waals surface area contributed by atoms with E-state index in [0.29, 0.717) is 13.0 Å². The average Bonchev–Trinajstić information content (AvgIpc) is 2.62. The van der Waals surface area contributed by atoms with Gasteiger partial charge < -0.3 is 4.90 Å². The monoisotopic (exact) mass is 327 g/mol. The molecule has 0 unspecified atom stereocenters. The fourth-order valence-electron chi connectivity index (χ4n) is 3.43. The molecule has 2 heterocycles. The van der Waals surface area contributed by atoms with Crippen molar-refractivity contribution in [2.45, 2.75) is 25.3 Å². The molecule has 0 atom stereocenters. The van der Waals surface area contributed by atoms with Crippen molar-refractivity contribution < 1.29 is 9.59 Å². The lowest BCUT2D eigenvalue weighted by atomic mass is 10.0. The first-order chi connectivity index (χ1) is 11.6. The van der Waals surface area contributed by atoms with E-state index in [4.69, 9.17) is 0 Å². The highest BCUT2D eigenvalue weighted by molar-refractivity contribution is 5.96. The first kappa shape index (κ1) is 16.7. The molecule has 128 valence electrons. The Bertz CT molecular complexity index is 606. The highest BCUT2D eigenvalue weighted by Gasteiger charge is 2.34. The Morgan fingerprint density at radius 3 is 2.50 bits per heavy atom. The minimum Gasteiger partial charge on any atom is -0.321 e. The molecule has 3 rings (SSSR count). The molecule has 1 aromatic carbocycles. The molecule has 2 fully saturated rings. The number of nitrogens with zero attached hydrogens (tertiary/aromatic N) is 3. The van der Waals surface area contributed by atoms with Crippen LogP contribution in [0.3, 0.4) is 0 Å². The second-order valence-electron chi connectivity index (χ2n) is 6.52. The van der Waals surface area contributed by atoms with Crippen molar-refractivity contribution in [2.24, 2.45) is 0 Å². The number of hydrogen-bond acceptors (Lipinski definition) is 3. The summed E-state index contributed by atoms with van der Waals surface area (Å²) in [6.07, 6.45) is 6.76. The number of carbonyl (C=O) groups excluding carboxylic acids is 2. The topological polar surface area (TPSA) is 43.9 Å². The lowest BCUT2D eigenvalue weighted by molar-refractivity contribution is -0.130. The predicted octanol–water partition coefficient (Wildman–Crippen LogP) is 2.45. The lowest BCUT2D eigenvalue weighted by Crippen LogP contribution is -2.56. The number of amides is 3. The van der Waals surface area contributed by atoms with Crippen molar-refractivity contribution in [3.8, 4) is 0 Å². The predicted molar refractivity (Wildman–Crippen MR) is 94.4 cm³/mol. The number of piperidine rings is 1. The maximum atomic E-state index is 12.3. The Kier molecular flexibility index (Phi) is 5.30. The van der Waals surface area contributed by atoms with Gasteiger partial charge in [0.05, 0.1) is 0 Å². The second kappa shape index (κ2) is 7.62. The summed E-state index contributed by atoms with van der Waals surface area (Å²) in [5, 5.41) is 0. The molecular formula is C19H25N3O2. The normalized spacial score (nSPS) is 21.0. The van der Waals surface area contributed by atoms with Crippen LogP contribution >= 0.6 is 0 Å². The Hall–Kier alpha value is -2.14. The minimum atomic E-state index is -0.131. The van der Waals surface area contributed by atoms with E-state index in [1.54, 1.807) is 7.05 Å². The molecule has 0 bridgehead atoms. The molecule has 0 radical (unpaired) electrons. The molecule has 0 spiro atoms. The highest BCUT2D eigenvalue weighted by Crippen LogP contribution is 2.21. The Labute approximate surface area is 143 Å². The third kappa shape index (κ3) is 3.85. The van der Waals surface area contributed by atoms with Crippen LogP contribution < -0.4 is 0 Å². The zero-order valence-corrected chi connectivity index (χ0v) is 14.2. The van der Waals surface area contributed by atoms with Gasteiger partial charge in [0.15, 0.2) is 0 Å². The standard InChI is InChI=1S/C19H25N3O2/c1-20-18(23)11-15-22(19(20)24)17-9-13-21(14-10-17)12-5-8-16-6-3-2-4-7-16/h2-8,17H,9-15H2,1H3/b8-5+. The molecule has 1 aromatic rings. The van der Waals surface area contributed by atoms with Gasteiger partial charge in [0.1, 0.15) is 0 Å². The highest BCUT2D eigenvalue weighted by atomic mass is 16.2. The minimum absolute atomic E-state index is 0.0697. The number of urea groups is 1. The largest absolute Gasteiger partial charge is 0.326 e. The van der Waals surface area contributed by atoms with E-state index in [-0.39, 0.29) is 18.0 Å². The van der Waals surface area contributed by atoms with Crippen molar-refractivity contribution in [3.63, 3.8) is 0 Å². The fraction of sp³-hybridized carbons (Fsp3) is 0.474. The van der Waals surface area contributed by atoms with E-state index < -0.39 is 0 Å². The summed E-state index contributed by atoms with van der Waals surface area (Å²) in [4.78, 5) is 29.4. The summed E-state index contributed by atoms with van der Waals surface area (Å²) in [5.41, 5.74) is 1.22. The number of benzene rings is 1. The number of hydrogen-bond donors (Lipinski definition) is 0. The van der Waals surface area contributed by atoms with Gasteiger partial charge in [0, 0.05) is 45.7 Å². The molecule has 2 saturated heterocycles. The van der Waals surface area contributed by atoms with Gasteiger partial charge in [0.25, 0.3) is 0 Å². The number of likely N-dealkylation sites (tertiary alicyclic amines) is 1. The molecule has 5 nitrogen and oxygen atoms in total. The molecule has 5 heteroatoms. The number of rotatable bonds is 4. The maximum Gasteiger partial charge on any atom is 0.326 e. The van der Waals surface area contributed by atoms with Crippen molar-refractivity contribution >= 4 is 18.0 Å². The molecule has 3 amide bonds. The van der Waals surface area contributed by atoms with Crippen LogP contribution in [0, 0.1) is 0 Å². The van der Waals surface area contributed by atoms with E-state index in [2.05, 4.69) is 29.2 Å². The summed E-state index contributed by atoms with van der Waals surface area (Å²) in [7, 11) is 1.58. The molecule has 2 aliphatic heterocycles. The van der Waals surface area contributed by atoms with Gasteiger partial charge in [-0.25, -0.2) is 4.79 Å². The average molecular weight is 327 g/mol. The van der Waals surface area contributed by atoms with Gasteiger partial charge in [-0.1, -0.05) is 42.5 Å². The van der Waals surface area contributed by atoms with E-state index in [0.717, 1.165) is 32.5 Å². The van der Waals surface area contributed by atoms with Crippen LogP contribution in [0.2, 0.25) is 0 Å². The van der Waals surface area contributed by atoms with Crippen molar-refractivity contribution in [1.82, 2.24) is 14.7 Å². The van der Waals surface area contributed by atoms with Gasteiger partial charge in [-0.3, -0.25) is 14.6 Å². The van der Waals surface area contributed by atoms with Crippen LogP contribution in [-0.4, -0.2) is 65.9 Å². The Morgan fingerprint density at radius 2 is 1.79 bits per heavy atom. The molecule has 2 aliphatic rings. The van der Waals surface area contributed by atoms with E-state index >= 15 is 0 Å². The third-order valence-electron chi connectivity index (χ3n) is 4.94. The Morgan fingerprint density at radius 1 is 1.08 bits per heavy atom. The maximum absolute atomic E-state index is 12.3. The third-order valence-corrected chi connectivity index (χ3v) is 4.94. The first-order valence-electron chi connectivity index (χ1n) is 8.66. The molecule has 0 N–H and O–H groups in total.